The molecule has 0 bridgehead atoms. The summed E-state index contributed by atoms with van der Waals surface area (Å²) in [6.45, 7) is 0. The molecule has 0 heterocycles. The lowest BCUT2D eigenvalue weighted by molar-refractivity contribution is -0.384. The van der Waals surface area contributed by atoms with Crippen LogP contribution in [0.1, 0.15) is 26.3 Å². The standard InChI is InChI=1S/C22H15NO5/c24-21(17-7-2-1-3-8-17)13-12-16-6-4-11-20(14-16)28-22(25)18-9-5-10-19(15-18)23(26)27/h1-15H. The van der Waals surface area contributed by atoms with Crippen LogP contribution in [-0.4, -0.2) is 16.7 Å². The van der Waals surface area contributed by atoms with Crippen LogP contribution in [0.5, 0.6) is 5.75 Å². The first-order valence-corrected chi connectivity index (χ1v) is 8.37. The van der Waals surface area contributed by atoms with Gasteiger partial charge in [0.15, 0.2) is 5.78 Å². The Morgan fingerprint density at radius 2 is 1.57 bits per heavy atom. The zero-order chi connectivity index (χ0) is 19.9. The van der Waals surface area contributed by atoms with Gasteiger partial charge < -0.3 is 4.74 Å². The van der Waals surface area contributed by atoms with E-state index in [0.717, 1.165) is 6.07 Å². The summed E-state index contributed by atoms with van der Waals surface area (Å²) in [6.07, 6.45) is 3.07. The summed E-state index contributed by atoms with van der Waals surface area (Å²) in [7, 11) is 0. The van der Waals surface area contributed by atoms with Crippen molar-refractivity contribution in [2.75, 3.05) is 0 Å². The molecule has 0 radical (unpaired) electrons. The molecule has 0 aliphatic heterocycles. The van der Waals surface area contributed by atoms with Crippen LogP contribution in [0.2, 0.25) is 0 Å². The Hall–Kier alpha value is -4.06. The highest BCUT2D eigenvalue weighted by Crippen LogP contribution is 2.19. The molecule has 0 unspecified atom stereocenters. The van der Waals surface area contributed by atoms with Crippen molar-refractivity contribution in [1.82, 2.24) is 0 Å². The maximum atomic E-state index is 12.2. The summed E-state index contributed by atoms with van der Waals surface area (Å²) in [5.41, 5.74) is 1.14. The van der Waals surface area contributed by atoms with Crippen molar-refractivity contribution in [3.63, 3.8) is 0 Å². The number of ether oxygens (including phenoxy) is 1. The number of nitro benzene ring substituents is 1. The Morgan fingerprint density at radius 1 is 0.857 bits per heavy atom. The van der Waals surface area contributed by atoms with Crippen LogP contribution in [0.4, 0.5) is 5.69 Å². The molecular weight excluding hydrogens is 358 g/mol. The average molecular weight is 373 g/mol. The van der Waals surface area contributed by atoms with Crippen molar-refractivity contribution >= 4 is 23.5 Å². The number of allylic oxidation sites excluding steroid dienone is 1. The Bertz CT molecular complexity index is 1060. The Balaban J connectivity index is 1.72. The zero-order valence-electron chi connectivity index (χ0n) is 14.6. The van der Waals surface area contributed by atoms with E-state index >= 15 is 0 Å². The fraction of sp³-hybridized carbons (Fsp3) is 0. The second kappa shape index (κ2) is 8.55. The molecule has 0 saturated carbocycles. The largest absolute Gasteiger partial charge is 0.423 e. The van der Waals surface area contributed by atoms with Crippen molar-refractivity contribution in [2.45, 2.75) is 0 Å². The maximum absolute atomic E-state index is 12.2. The molecule has 28 heavy (non-hydrogen) atoms. The molecule has 0 atom stereocenters. The molecular formula is C22H15NO5. The fourth-order valence-corrected chi connectivity index (χ4v) is 2.46. The van der Waals surface area contributed by atoms with Crippen molar-refractivity contribution in [2.24, 2.45) is 0 Å². The van der Waals surface area contributed by atoms with E-state index < -0.39 is 10.9 Å². The molecule has 3 rings (SSSR count). The van der Waals surface area contributed by atoms with Crippen LogP contribution in [0, 0.1) is 10.1 Å². The van der Waals surface area contributed by atoms with E-state index in [1.807, 2.05) is 6.07 Å². The Kier molecular flexibility index (Phi) is 5.72. The van der Waals surface area contributed by atoms with Gasteiger partial charge in [0, 0.05) is 17.7 Å². The smallest absolute Gasteiger partial charge is 0.343 e. The third-order valence-corrected chi connectivity index (χ3v) is 3.85. The highest BCUT2D eigenvalue weighted by molar-refractivity contribution is 6.06. The molecule has 3 aromatic carbocycles. The van der Waals surface area contributed by atoms with E-state index in [9.17, 15) is 19.7 Å². The second-order valence-corrected chi connectivity index (χ2v) is 5.83. The van der Waals surface area contributed by atoms with Crippen LogP contribution in [0.3, 0.4) is 0 Å². The molecule has 0 aliphatic rings. The van der Waals surface area contributed by atoms with Gasteiger partial charge >= 0.3 is 5.97 Å². The lowest BCUT2D eigenvalue weighted by Crippen LogP contribution is -2.08. The van der Waals surface area contributed by atoms with Crippen LogP contribution in [-0.2, 0) is 0 Å². The van der Waals surface area contributed by atoms with E-state index in [2.05, 4.69) is 0 Å². The predicted octanol–water partition coefficient (Wildman–Crippen LogP) is 4.71. The Labute approximate surface area is 160 Å². The number of hydrogen-bond donors (Lipinski definition) is 0. The van der Waals surface area contributed by atoms with Gasteiger partial charge in [0.2, 0.25) is 0 Å². The number of carbonyl (C=O) groups excluding carboxylic acids is 2. The first-order valence-electron chi connectivity index (χ1n) is 8.37. The number of nitrogens with zero attached hydrogens (tertiary/aromatic N) is 1. The number of benzene rings is 3. The molecule has 3 aromatic rings. The van der Waals surface area contributed by atoms with E-state index in [-0.39, 0.29) is 22.8 Å². The average Bonchev–Trinajstić information content (AvgIpc) is 2.73. The molecule has 0 fully saturated rings. The molecule has 0 saturated heterocycles. The van der Waals surface area contributed by atoms with E-state index in [4.69, 9.17) is 4.74 Å². The minimum absolute atomic E-state index is 0.0781. The normalized spacial score (nSPS) is 10.6. The number of ketones is 1. The predicted molar refractivity (Wildman–Crippen MR) is 104 cm³/mol. The lowest BCUT2D eigenvalue weighted by Gasteiger charge is -2.05. The van der Waals surface area contributed by atoms with Gasteiger partial charge in [-0.3, -0.25) is 14.9 Å². The molecule has 0 aromatic heterocycles. The summed E-state index contributed by atoms with van der Waals surface area (Å²) in [6, 6.07) is 20.8. The van der Waals surface area contributed by atoms with Crippen LogP contribution in [0.15, 0.2) is 84.9 Å². The lowest BCUT2D eigenvalue weighted by atomic mass is 10.1. The fourth-order valence-electron chi connectivity index (χ4n) is 2.46. The minimum Gasteiger partial charge on any atom is -0.423 e. The summed E-state index contributed by atoms with van der Waals surface area (Å²) in [4.78, 5) is 34.6. The number of carbonyl (C=O) groups is 2. The zero-order valence-corrected chi connectivity index (χ0v) is 14.6. The van der Waals surface area contributed by atoms with E-state index in [0.29, 0.717) is 11.1 Å². The van der Waals surface area contributed by atoms with Crippen molar-refractivity contribution < 1.29 is 19.2 Å². The first kappa shape index (κ1) is 18.7. The topological polar surface area (TPSA) is 86.5 Å². The third-order valence-electron chi connectivity index (χ3n) is 3.85. The number of non-ortho nitro benzene ring substituents is 1. The number of esters is 1. The molecule has 0 N–H and O–H groups in total. The van der Waals surface area contributed by atoms with Gasteiger partial charge in [0.1, 0.15) is 5.75 Å². The number of rotatable bonds is 6. The van der Waals surface area contributed by atoms with Gasteiger partial charge in [-0.2, -0.15) is 0 Å². The SMILES string of the molecule is O=C(C=Cc1cccc(OC(=O)c2cccc([N+](=O)[O-])c2)c1)c1ccccc1. The van der Waals surface area contributed by atoms with Gasteiger partial charge in [0.05, 0.1) is 10.5 Å². The summed E-state index contributed by atoms with van der Waals surface area (Å²) >= 11 is 0. The summed E-state index contributed by atoms with van der Waals surface area (Å²) in [5, 5.41) is 10.8. The molecule has 0 spiro atoms. The molecule has 0 aliphatic carbocycles. The highest BCUT2D eigenvalue weighted by atomic mass is 16.6. The van der Waals surface area contributed by atoms with Gasteiger partial charge in [-0.1, -0.05) is 54.6 Å². The first-order chi connectivity index (χ1) is 13.5. The molecule has 138 valence electrons. The minimum atomic E-state index is -0.704. The van der Waals surface area contributed by atoms with Gasteiger partial charge in [-0.05, 0) is 29.8 Å². The maximum Gasteiger partial charge on any atom is 0.343 e. The number of hydrogen-bond acceptors (Lipinski definition) is 5. The number of nitro groups is 1. The third kappa shape index (κ3) is 4.76. The molecule has 6 nitrogen and oxygen atoms in total. The van der Waals surface area contributed by atoms with Gasteiger partial charge in [-0.15, -0.1) is 0 Å². The van der Waals surface area contributed by atoms with Gasteiger partial charge in [-0.25, -0.2) is 4.79 Å². The highest BCUT2D eigenvalue weighted by Gasteiger charge is 2.13. The summed E-state index contributed by atoms with van der Waals surface area (Å²) < 4.78 is 5.29. The quantitative estimate of drug-likeness (QED) is 0.156. The van der Waals surface area contributed by atoms with Gasteiger partial charge in [0.25, 0.3) is 5.69 Å². The van der Waals surface area contributed by atoms with Crippen molar-refractivity contribution in [1.29, 1.82) is 0 Å². The Morgan fingerprint density at radius 3 is 2.32 bits per heavy atom. The van der Waals surface area contributed by atoms with E-state index in [1.165, 1.54) is 24.3 Å². The van der Waals surface area contributed by atoms with Crippen molar-refractivity contribution in [3.05, 3.63) is 112 Å². The van der Waals surface area contributed by atoms with Crippen LogP contribution < -0.4 is 4.74 Å². The monoisotopic (exact) mass is 373 g/mol. The molecule has 6 heteroatoms. The summed E-state index contributed by atoms with van der Waals surface area (Å²) in [5.74, 6) is -0.574. The molecule has 0 amide bonds. The van der Waals surface area contributed by atoms with E-state index in [1.54, 1.807) is 54.6 Å². The van der Waals surface area contributed by atoms with Crippen LogP contribution >= 0.6 is 0 Å². The van der Waals surface area contributed by atoms with Crippen molar-refractivity contribution in [3.8, 4) is 5.75 Å². The van der Waals surface area contributed by atoms with Crippen LogP contribution in [0.25, 0.3) is 6.08 Å². The second-order valence-electron chi connectivity index (χ2n) is 5.83.